The van der Waals surface area contributed by atoms with Gasteiger partial charge in [0, 0.05) is 18.7 Å². The fourth-order valence-corrected chi connectivity index (χ4v) is 2.17. The number of urea groups is 1. The van der Waals surface area contributed by atoms with Crippen molar-refractivity contribution >= 4 is 17.7 Å². The SMILES string of the molecule is CCOC(=O)CNC(=O)N(Cc1ccc([N+](=O)[O-])cc1)Cc1nnn(C)n1. The van der Waals surface area contributed by atoms with Gasteiger partial charge in [-0.1, -0.05) is 12.1 Å². The molecule has 144 valence electrons. The van der Waals surface area contributed by atoms with E-state index in [0.717, 1.165) is 0 Å². The number of ether oxygens (including phenoxy) is 1. The first-order chi connectivity index (χ1) is 12.9. The third-order valence-corrected chi connectivity index (χ3v) is 3.38. The Hall–Kier alpha value is -3.57. The van der Waals surface area contributed by atoms with Crippen molar-refractivity contribution in [2.75, 3.05) is 13.2 Å². The van der Waals surface area contributed by atoms with E-state index in [0.29, 0.717) is 11.4 Å². The van der Waals surface area contributed by atoms with Crippen LogP contribution in [0.3, 0.4) is 0 Å². The van der Waals surface area contributed by atoms with Gasteiger partial charge in [0.15, 0.2) is 5.82 Å². The summed E-state index contributed by atoms with van der Waals surface area (Å²) in [4.78, 5) is 36.8. The third-order valence-electron chi connectivity index (χ3n) is 3.38. The Balaban J connectivity index is 2.09. The number of non-ortho nitro benzene ring substituents is 1. The normalized spacial score (nSPS) is 10.3. The monoisotopic (exact) mass is 377 g/mol. The predicted molar refractivity (Wildman–Crippen MR) is 91.2 cm³/mol. The molecule has 0 unspecified atom stereocenters. The fourth-order valence-electron chi connectivity index (χ4n) is 2.17. The molecule has 0 saturated carbocycles. The molecule has 0 radical (unpaired) electrons. The molecule has 0 bridgehead atoms. The van der Waals surface area contributed by atoms with Gasteiger partial charge < -0.3 is 15.0 Å². The van der Waals surface area contributed by atoms with Gasteiger partial charge in [0.05, 0.1) is 25.1 Å². The van der Waals surface area contributed by atoms with Crippen molar-refractivity contribution in [3.63, 3.8) is 0 Å². The number of nitrogens with zero attached hydrogens (tertiary/aromatic N) is 6. The molecule has 0 aliphatic rings. The number of nitro groups is 1. The number of amides is 2. The number of rotatable bonds is 8. The first-order valence-corrected chi connectivity index (χ1v) is 8.03. The van der Waals surface area contributed by atoms with Crippen LogP contribution >= 0.6 is 0 Å². The van der Waals surface area contributed by atoms with Gasteiger partial charge in [-0.3, -0.25) is 14.9 Å². The van der Waals surface area contributed by atoms with E-state index in [2.05, 4.69) is 20.7 Å². The highest BCUT2D eigenvalue weighted by molar-refractivity contribution is 5.80. The highest BCUT2D eigenvalue weighted by Gasteiger charge is 2.18. The van der Waals surface area contributed by atoms with Crippen molar-refractivity contribution < 1.29 is 19.2 Å². The van der Waals surface area contributed by atoms with E-state index < -0.39 is 16.9 Å². The minimum atomic E-state index is -0.557. The van der Waals surface area contributed by atoms with Gasteiger partial charge >= 0.3 is 12.0 Å². The number of nitrogens with one attached hydrogen (secondary N) is 1. The highest BCUT2D eigenvalue weighted by atomic mass is 16.6. The first-order valence-electron chi connectivity index (χ1n) is 8.03. The summed E-state index contributed by atoms with van der Waals surface area (Å²) >= 11 is 0. The molecule has 27 heavy (non-hydrogen) atoms. The highest BCUT2D eigenvalue weighted by Crippen LogP contribution is 2.14. The van der Waals surface area contributed by atoms with Crippen molar-refractivity contribution in [1.82, 2.24) is 30.4 Å². The molecule has 0 fully saturated rings. The lowest BCUT2D eigenvalue weighted by Crippen LogP contribution is -2.41. The summed E-state index contributed by atoms with van der Waals surface area (Å²) in [6, 6.07) is 5.27. The Morgan fingerprint density at radius 3 is 2.56 bits per heavy atom. The van der Waals surface area contributed by atoms with Crippen LogP contribution in [0, 0.1) is 10.1 Å². The maximum absolute atomic E-state index is 12.5. The van der Waals surface area contributed by atoms with Crippen LogP contribution in [-0.4, -0.2) is 55.2 Å². The zero-order valence-electron chi connectivity index (χ0n) is 14.9. The van der Waals surface area contributed by atoms with Gasteiger partial charge in [-0.25, -0.2) is 4.79 Å². The van der Waals surface area contributed by atoms with Crippen LogP contribution in [-0.2, 0) is 29.7 Å². The van der Waals surface area contributed by atoms with E-state index in [1.54, 1.807) is 26.1 Å². The number of hydrogen-bond acceptors (Lipinski definition) is 8. The molecule has 0 aliphatic carbocycles. The lowest BCUT2D eigenvalue weighted by Gasteiger charge is -2.21. The molecule has 2 amide bonds. The Morgan fingerprint density at radius 1 is 1.30 bits per heavy atom. The minimum Gasteiger partial charge on any atom is -0.465 e. The second kappa shape index (κ2) is 9.22. The molecule has 12 nitrogen and oxygen atoms in total. The average Bonchev–Trinajstić information content (AvgIpc) is 3.04. The average molecular weight is 377 g/mol. The molecular weight excluding hydrogens is 358 g/mol. The van der Waals surface area contributed by atoms with Crippen molar-refractivity contribution in [2.45, 2.75) is 20.0 Å². The van der Waals surface area contributed by atoms with Crippen LogP contribution < -0.4 is 5.32 Å². The van der Waals surface area contributed by atoms with Gasteiger partial charge in [-0.05, 0) is 17.7 Å². The Labute approximate surface area is 154 Å². The second-order valence-electron chi connectivity index (χ2n) is 5.44. The fraction of sp³-hybridized carbons (Fsp3) is 0.400. The van der Waals surface area contributed by atoms with Gasteiger partial charge in [-0.15, -0.1) is 10.2 Å². The molecule has 1 aromatic carbocycles. The quantitative estimate of drug-likeness (QED) is 0.395. The molecule has 0 aliphatic heterocycles. The molecule has 1 N–H and O–H groups in total. The molecular formula is C15H19N7O5. The van der Waals surface area contributed by atoms with Gasteiger partial charge in [-0.2, -0.15) is 4.80 Å². The van der Waals surface area contributed by atoms with E-state index >= 15 is 0 Å². The number of esters is 1. The summed E-state index contributed by atoms with van der Waals surface area (Å²) in [7, 11) is 1.60. The van der Waals surface area contributed by atoms with Crippen LogP contribution in [0.25, 0.3) is 0 Å². The molecule has 12 heteroatoms. The summed E-state index contributed by atoms with van der Waals surface area (Å²) in [6.07, 6.45) is 0. The van der Waals surface area contributed by atoms with Crippen LogP contribution in [0.1, 0.15) is 18.3 Å². The minimum absolute atomic E-state index is 0.0412. The maximum Gasteiger partial charge on any atom is 0.325 e. The van der Waals surface area contributed by atoms with Crippen molar-refractivity contribution in [2.24, 2.45) is 7.05 Å². The summed E-state index contributed by atoms with van der Waals surface area (Å²) < 4.78 is 4.77. The predicted octanol–water partition coefficient (Wildman–Crippen LogP) is 0.393. The van der Waals surface area contributed by atoms with Gasteiger partial charge in [0.2, 0.25) is 0 Å². The zero-order valence-corrected chi connectivity index (χ0v) is 14.9. The maximum atomic E-state index is 12.5. The Bertz CT molecular complexity index is 805. The van der Waals surface area contributed by atoms with Crippen LogP contribution in [0.5, 0.6) is 0 Å². The van der Waals surface area contributed by atoms with Crippen LogP contribution in [0.2, 0.25) is 0 Å². The topological polar surface area (TPSA) is 145 Å². The Morgan fingerprint density at radius 2 is 2.00 bits per heavy atom. The number of carbonyl (C=O) groups is 2. The van der Waals surface area contributed by atoms with Gasteiger partial charge in [0.25, 0.3) is 5.69 Å². The molecule has 1 aromatic heterocycles. The van der Waals surface area contributed by atoms with Crippen molar-refractivity contribution in [3.05, 3.63) is 45.8 Å². The van der Waals surface area contributed by atoms with Gasteiger partial charge in [0.1, 0.15) is 6.54 Å². The number of aryl methyl sites for hydroxylation is 1. The number of carbonyl (C=O) groups excluding carboxylic acids is 2. The molecule has 2 aromatic rings. The van der Waals surface area contributed by atoms with E-state index in [4.69, 9.17) is 4.74 Å². The third kappa shape index (κ3) is 6.02. The number of nitro benzene ring substituents is 1. The molecule has 1 heterocycles. The summed E-state index contributed by atoms with van der Waals surface area (Å²) in [5.74, 6) is -0.246. The summed E-state index contributed by atoms with van der Waals surface area (Å²) in [6.45, 7) is 1.77. The molecule has 0 saturated heterocycles. The largest absolute Gasteiger partial charge is 0.465 e. The standard InChI is InChI=1S/C15H19N7O5/c1-3-27-14(23)8-16-15(24)21(10-13-17-19-20(2)18-13)9-11-4-6-12(7-5-11)22(25)26/h4-7H,3,8-10H2,1-2H3,(H,16,24). The van der Waals surface area contributed by atoms with Crippen LogP contribution in [0.4, 0.5) is 10.5 Å². The zero-order chi connectivity index (χ0) is 19.8. The summed E-state index contributed by atoms with van der Waals surface area (Å²) in [5.41, 5.74) is 0.614. The smallest absolute Gasteiger partial charge is 0.325 e. The lowest BCUT2D eigenvalue weighted by molar-refractivity contribution is -0.384. The second-order valence-corrected chi connectivity index (χ2v) is 5.44. The molecule has 0 spiro atoms. The number of tetrazole rings is 1. The molecule has 0 atom stereocenters. The van der Waals surface area contributed by atoms with E-state index in [1.807, 2.05) is 0 Å². The van der Waals surface area contributed by atoms with E-state index in [-0.39, 0.29) is 31.9 Å². The van der Waals surface area contributed by atoms with E-state index in [9.17, 15) is 19.7 Å². The number of benzene rings is 1. The first kappa shape index (κ1) is 19.8. The van der Waals surface area contributed by atoms with Crippen molar-refractivity contribution in [3.8, 4) is 0 Å². The lowest BCUT2D eigenvalue weighted by atomic mass is 10.2. The van der Waals surface area contributed by atoms with Crippen LogP contribution in [0.15, 0.2) is 24.3 Å². The van der Waals surface area contributed by atoms with Crippen molar-refractivity contribution in [1.29, 1.82) is 0 Å². The summed E-state index contributed by atoms with van der Waals surface area (Å²) in [5, 5.41) is 24.8. The molecule has 2 rings (SSSR count). The Kier molecular flexibility index (Phi) is 6.74. The number of hydrogen-bond donors (Lipinski definition) is 1. The van der Waals surface area contributed by atoms with E-state index in [1.165, 1.54) is 21.8 Å². The number of aromatic nitrogens is 4.